The van der Waals surface area contributed by atoms with E-state index in [0.717, 1.165) is 72.7 Å². The van der Waals surface area contributed by atoms with Crippen LogP contribution in [0.2, 0.25) is 0 Å². The Kier molecular flexibility index (Phi) is 5.94. The van der Waals surface area contributed by atoms with Gasteiger partial charge in [-0.1, -0.05) is 80.6 Å². The second kappa shape index (κ2) is 10.1. The van der Waals surface area contributed by atoms with Crippen molar-refractivity contribution in [1.29, 1.82) is 0 Å². The topological polar surface area (TPSA) is 47.1 Å². The molecule has 0 fully saturated rings. The van der Waals surface area contributed by atoms with Crippen LogP contribution in [0.15, 0.2) is 132 Å². The average Bonchev–Trinajstić information content (AvgIpc) is 3.65. The van der Waals surface area contributed by atoms with Crippen LogP contribution in [0.1, 0.15) is 42.3 Å². The SMILES string of the molecule is Cn1c(-c2cccc(C(F)c3ccc4c(c3)N(c3ccccn3)c3ccc5oc6ccccc6c5c3C4(C)C)c2)nc2ccccc21. The van der Waals surface area contributed by atoms with Gasteiger partial charge in [0.05, 0.1) is 22.4 Å². The van der Waals surface area contributed by atoms with Crippen LogP contribution in [0.3, 0.4) is 0 Å². The summed E-state index contributed by atoms with van der Waals surface area (Å²) in [6.07, 6.45) is 0.458. The average molecular weight is 615 g/mol. The molecule has 0 N–H and O–H groups in total. The lowest BCUT2D eigenvalue weighted by molar-refractivity contribution is 0.402. The molecule has 0 amide bonds. The summed E-state index contributed by atoms with van der Waals surface area (Å²) in [6, 6.07) is 40.0. The first-order valence-electron chi connectivity index (χ1n) is 15.9. The van der Waals surface area contributed by atoms with E-state index in [2.05, 4.69) is 47.6 Å². The molecule has 1 unspecified atom stereocenters. The van der Waals surface area contributed by atoms with Crippen molar-refractivity contribution in [2.24, 2.45) is 7.05 Å². The number of imidazole rings is 1. The first kappa shape index (κ1) is 27.6. The summed E-state index contributed by atoms with van der Waals surface area (Å²) in [5, 5.41) is 2.18. The summed E-state index contributed by atoms with van der Waals surface area (Å²) >= 11 is 0. The third kappa shape index (κ3) is 4.07. The van der Waals surface area contributed by atoms with Gasteiger partial charge >= 0.3 is 0 Å². The molecule has 0 spiro atoms. The van der Waals surface area contributed by atoms with Crippen molar-refractivity contribution in [3.63, 3.8) is 0 Å². The second-order valence-corrected chi connectivity index (χ2v) is 12.8. The maximum absolute atomic E-state index is 16.7. The minimum absolute atomic E-state index is 0.410. The fourth-order valence-electron chi connectivity index (χ4n) is 7.47. The van der Waals surface area contributed by atoms with Crippen LogP contribution in [-0.2, 0) is 12.5 Å². The molecule has 6 heteroatoms. The van der Waals surface area contributed by atoms with E-state index in [1.165, 1.54) is 0 Å². The molecule has 1 atom stereocenters. The first-order chi connectivity index (χ1) is 22.9. The number of aromatic nitrogens is 3. The molecular formula is C41H31FN4O. The predicted octanol–water partition coefficient (Wildman–Crippen LogP) is 10.7. The van der Waals surface area contributed by atoms with E-state index in [-0.39, 0.29) is 0 Å². The molecule has 5 aromatic carbocycles. The first-order valence-corrected chi connectivity index (χ1v) is 15.9. The Morgan fingerprint density at radius 3 is 2.40 bits per heavy atom. The number of para-hydroxylation sites is 3. The monoisotopic (exact) mass is 614 g/mol. The summed E-state index contributed by atoms with van der Waals surface area (Å²) < 4.78 is 25.1. The number of alkyl halides is 1. The minimum atomic E-state index is -1.34. The smallest absolute Gasteiger partial charge is 0.150 e. The molecule has 0 aliphatic carbocycles. The number of furan rings is 1. The minimum Gasteiger partial charge on any atom is -0.456 e. The predicted molar refractivity (Wildman–Crippen MR) is 187 cm³/mol. The molecular weight excluding hydrogens is 583 g/mol. The summed E-state index contributed by atoms with van der Waals surface area (Å²) in [6.45, 7) is 4.49. The van der Waals surface area contributed by atoms with Gasteiger partial charge in [0.1, 0.15) is 22.8 Å². The Morgan fingerprint density at radius 2 is 1.55 bits per heavy atom. The van der Waals surface area contributed by atoms with Crippen LogP contribution in [-0.4, -0.2) is 14.5 Å². The number of nitrogens with zero attached hydrogens (tertiary/aromatic N) is 4. The molecule has 1 aliphatic rings. The molecule has 5 nitrogen and oxygen atoms in total. The number of hydrogen-bond acceptors (Lipinski definition) is 4. The lowest BCUT2D eigenvalue weighted by Crippen LogP contribution is -2.31. The van der Waals surface area contributed by atoms with E-state index in [0.29, 0.717) is 11.1 Å². The molecule has 1 aliphatic heterocycles. The zero-order valence-electron chi connectivity index (χ0n) is 26.3. The Balaban J connectivity index is 1.20. The van der Waals surface area contributed by atoms with Crippen LogP contribution in [0.5, 0.6) is 0 Å². The van der Waals surface area contributed by atoms with Crippen molar-refractivity contribution < 1.29 is 8.81 Å². The van der Waals surface area contributed by atoms with Gasteiger partial charge in [-0.2, -0.15) is 0 Å². The van der Waals surface area contributed by atoms with Crippen LogP contribution in [0.25, 0.3) is 44.4 Å². The van der Waals surface area contributed by atoms with E-state index >= 15 is 4.39 Å². The van der Waals surface area contributed by atoms with Crippen LogP contribution in [0.4, 0.5) is 21.6 Å². The molecule has 9 rings (SSSR count). The summed E-state index contributed by atoms with van der Waals surface area (Å²) in [7, 11) is 2.00. The molecule has 0 saturated heterocycles. The normalized spacial score (nSPS) is 14.4. The van der Waals surface area contributed by atoms with Crippen molar-refractivity contribution in [2.45, 2.75) is 25.4 Å². The standard InChI is InChI=1S/C41H31FN4O/c1-41(2)29-19-18-26(39(42)25-11-10-12-27(23-25)40-44-30-14-5-6-15-31(30)45(40)3)24-33(29)46(36-17-8-9-22-43-36)32-20-21-35-37(38(32)41)28-13-4-7-16-34(28)47-35/h4-24,39H,1-3H3. The Labute approximate surface area is 271 Å². The molecule has 4 heterocycles. The van der Waals surface area contributed by atoms with E-state index in [1.54, 1.807) is 6.20 Å². The summed E-state index contributed by atoms with van der Waals surface area (Å²) in [5.41, 5.74) is 9.49. The number of halogens is 1. The molecule has 8 aromatic rings. The third-order valence-electron chi connectivity index (χ3n) is 9.72. The third-order valence-corrected chi connectivity index (χ3v) is 9.72. The summed E-state index contributed by atoms with van der Waals surface area (Å²) in [5.74, 6) is 1.58. The van der Waals surface area contributed by atoms with E-state index in [9.17, 15) is 0 Å². The number of benzene rings is 5. The Bertz CT molecular complexity index is 2490. The van der Waals surface area contributed by atoms with Crippen molar-refractivity contribution in [3.05, 3.63) is 150 Å². The maximum atomic E-state index is 16.7. The van der Waals surface area contributed by atoms with Crippen molar-refractivity contribution in [1.82, 2.24) is 14.5 Å². The molecule has 228 valence electrons. The van der Waals surface area contributed by atoms with Crippen LogP contribution >= 0.6 is 0 Å². The van der Waals surface area contributed by atoms with Crippen molar-refractivity contribution >= 4 is 50.2 Å². The largest absolute Gasteiger partial charge is 0.456 e. The zero-order valence-corrected chi connectivity index (χ0v) is 26.3. The number of anilines is 3. The fraction of sp³-hybridized carbons (Fsp3) is 0.122. The molecule has 47 heavy (non-hydrogen) atoms. The van der Waals surface area contributed by atoms with Gasteiger partial charge in [-0.25, -0.2) is 14.4 Å². The quantitative estimate of drug-likeness (QED) is 0.198. The number of pyridine rings is 1. The highest BCUT2D eigenvalue weighted by molar-refractivity contribution is 6.10. The highest BCUT2D eigenvalue weighted by Gasteiger charge is 2.40. The highest BCUT2D eigenvalue weighted by Crippen LogP contribution is 2.55. The van der Waals surface area contributed by atoms with Gasteiger partial charge in [0.25, 0.3) is 0 Å². The van der Waals surface area contributed by atoms with E-state index < -0.39 is 11.6 Å². The van der Waals surface area contributed by atoms with Gasteiger partial charge in [-0.05, 0) is 76.9 Å². The van der Waals surface area contributed by atoms with Gasteiger partial charge < -0.3 is 8.98 Å². The van der Waals surface area contributed by atoms with Gasteiger partial charge in [-0.15, -0.1) is 0 Å². The number of hydrogen-bond donors (Lipinski definition) is 0. The zero-order chi connectivity index (χ0) is 31.9. The Morgan fingerprint density at radius 1 is 0.745 bits per heavy atom. The van der Waals surface area contributed by atoms with Gasteiger partial charge in [0, 0.05) is 35.0 Å². The number of fused-ring (bicyclic) bond motifs is 7. The highest BCUT2D eigenvalue weighted by atomic mass is 19.1. The van der Waals surface area contributed by atoms with Crippen LogP contribution in [0, 0.1) is 0 Å². The van der Waals surface area contributed by atoms with Crippen molar-refractivity contribution in [2.75, 3.05) is 4.90 Å². The van der Waals surface area contributed by atoms with Gasteiger partial charge in [0.2, 0.25) is 0 Å². The molecule has 0 bridgehead atoms. The molecule has 0 radical (unpaired) electrons. The number of rotatable bonds is 4. The number of aryl methyl sites for hydroxylation is 1. The molecule has 0 saturated carbocycles. The fourth-order valence-corrected chi connectivity index (χ4v) is 7.47. The van der Waals surface area contributed by atoms with Crippen LogP contribution < -0.4 is 4.90 Å². The second-order valence-electron chi connectivity index (χ2n) is 12.8. The Hall–Kier alpha value is -5.75. The van der Waals surface area contributed by atoms with Gasteiger partial charge in [-0.3, -0.25) is 4.90 Å². The van der Waals surface area contributed by atoms with E-state index in [4.69, 9.17) is 14.4 Å². The lowest BCUT2D eigenvalue weighted by atomic mass is 9.71. The van der Waals surface area contributed by atoms with Crippen molar-refractivity contribution in [3.8, 4) is 11.4 Å². The lowest BCUT2D eigenvalue weighted by Gasteiger charge is -2.42. The molecule has 3 aromatic heterocycles. The van der Waals surface area contributed by atoms with E-state index in [1.807, 2.05) is 104 Å². The maximum Gasteiger partial charge on any atom is 0.150 e. The summed E-state index contributed by atoms with van der Waals surface area (Å²) in [4.78, 5) is 11.8. The van der Waals surface area contributed by atoms with Gasteiger partial charge in [0.15, 0.2) is 6.17 Å².